The zero-order valence-corrected chi connectivity index (χ0v) is 15.4. The van der Waals surface area contributed by atoms with Gasteiger partial charge in [-0.25, -0.2) is 0 Å². The number of amides is 1. The predicted octanol–water partition coefficient (Wildman–Crippen LogP) is 2.23. The molecule has 0 spiro atoms. The molecule has 138 valence electrons. The highest BCUT2D eigenvalue weighted by Crippen LogP contribution is 2.17. The van der Waals surface area contributed by atoms with Crippen molar-refractivity contribution < 1.29 is 14.4 Å². The summed E-state index contributed by atoms with van der Waals surface area (Å²) in [5, 5.41) is 5.49. The van der Waals surface area contributed by atoms with Gasteiger partial charge in [0.05, 0.1) is 13.2 Å². The Labute approximate surface area is 159 Å². The van der Waals surface area contributed by atoms with Crippen molar-refractivity contribution in [1.29, 1.82) is 0 Å². The predicted molar refractivity (Wildman–Crippen MR) is 107 cm³/mol. The molecule has 3 aromatic carbocycles. The summed E-state index contributed by atoms with van der Waals surface area (Å²) >= 11 is 0. The van der Waals surface area contributed by atoms with Crippen LogP contribution in [0.1, 0.15) is 22.0 Å². The molecule has 0 saturated carbocycles. The molecule has 1 fully saturated rings. The van der Waals surface area contributed by atoms with Crippen LogP contribution >= 0.6 is 0 Å². The highest BCUT2D eigenvalue weighted by Gasteiger charge is 2.23. The molecule has 1 aliphatic rings. The molecule has 4 nitrogen and oxygen atoms in total. The van der Waals surface area contributed by atoms with Gasteiger partial charge in [-0.05, 0) is 28.5 Å². The van der Waals surface area contributed by atoms with Gasteiger partial charge in [-0.3, -0.25) is 4.79 Å². The van der Waals surface area contributed by atoms with Gasteiger partial charge in [-0.2, -0.15) is 0 Å². The van der Waals surface area contributed by atoms with E-state index in [4.69, 9.17) is 4.74 Å². The van der Waals surface area contributed by atoms with Gasteiger partial charge in [0, 0.05) is 5.56 Å². The van der Waals surface area contributed by atoms with Crippen LogP contribution in [-0.4, -0.2) is 38.8 Å². The standard InChI is InChI=1S/C23H24N2O2/c26-23(21-11-10-18-6-4-5-9-20(18)16-21)24-22(19-7-2-1-3-8-19)17-25-12-14-27-15-13-25/h1-11,16,22H,12-15,17H2,(H,24,26)/p+1/t22-/m1/s1. The highest BCUT2D eigenvalue weighted by molar-refractivity contribution is 5.98. The second-order valence-electron chi connectivity index (χ2n) is 7.07. The Balaban J connectivity index is 1.54. The SMILES string of the molecule is O=C(N[C@H](C[NH+]1CCOCC1)c1ccccc1)c1ccc2ccccc2c1. The number of hydrogen-bond acceptors (Lipinski definition) is 2. The van der Waals surface area contributed by atoms with E-state index >= 15 is 0 Å². The molecule has 4 rings (SSSR count). The van der Waals surface area contributed by atoms with E-state index in [0.29, 0.717) is 5.56 Å². The zero-order valence-electron chi connectivity index (χ0n) is 15.4. The quantitative estimate of drug-likeness (QED) is 0.732. The van der Waals surface area contributed by atoms with Gasteiger partial charge in [0.15, 0.2) is 0 Å². The first-order valence-electron chi connectivity index (χ1n) is 9.55. The number of carbonyl (C=O) groups excluding carboxylic acids is 1. The molecule has 0 aromatic heterocycles. The monoisotopic (exact) mass is 361 g/mol. The number of carbonyl (C=O) groups is 1. The number of benzene rings is 3. The van der Waals surface area contributed by atoms with Crippen LogP contribution in [0.25, 0.3) is 10.8 Å². The van der Waals surface area contributed by atoms with Gasteiger partial charge in [-0.15, -0.1) is 0 Å². The molecule has 2 N–H and O–H groups in total. The van der Waals surface area contributed by atoms with Crippen LogP contribution in [0.2, 0.25) is 0 Å². The van der Waals surface area contributed by atoms with E-state index < -0.39 is 0 Å². The van der Waals surface area contributed by atoms with Gasteiger partial charge in [0.25, 0.3) is 5.91 Å². The largest absolute Gasteiger partial charge is 0.370 e. The van der Waals surface area contributed by atoms with Gasteiger partial charge in [-0.1, -0.05) is 60.7 Å². The fraction of sp³-hybridized carbons (Fsp3) is 0.261. The summed E-state index contributed by atoms with van der Waals surface area (Å²) < 4.78 is 5.47. The van der Waals surface area contributed by atoms with E-state index in [0.717, 1.165) is 49.2 Å². The number of morpholine rings is 1. The lowest BCUT2D eigenvalue weighted by atomic mass is 10.0. The lowest BCUT2D eigenvalue weighted by molar-refractivity contribution is -0.909. The maximum atomic E-state index is 13.0. The van der Waals surface area contributed by atoms with Crippen molar-refractivity contribution in [2.75, 3.05) is 32.8 Å². The summed E-state index contributed by atoms with van der Waals surface area (Å²) in [5.41, 5.74) is 1.84. The first-order chi connectivity index (χ1) is 13.3. The number of hydrogen-bond donors (Lipinski definition) is 2. The van der Waals surface area contributed by atoms with Crippen LogP contribution in [0.15, 0.2) is 72.8 Å². The summed E-state index contributed by atoms with van der Waals surface area (Å²) in [6, 6.07) is 24.2. The van der Waals surface area contributed by atoms with Gasteiger partial charge in [0.2, 0.25) is 0 Å². The van der Waals surface area contributed by atoms with E-state index in [1.807, 2.05) is 54.6 Å². The summed E-state index contributed by atoms with van der Waals surface area (Å²) in [6.45, 7) is 4.40. The van der Waals surface area contributed by atoms with Crippen LogP contribution in [0.5, 0.6) is 0 Å². The second-order valence-corrected chi connectivity index (χ2v) is 7.07. The second kappa shape index (κ2) is 8.33. The van der Waals surface area contributed by atoms with Crippen molar-refractivity contribution in [2.24, 2.45) is 0 Å². The third kappa shape index (κ3) is 4.35. The number of quaternary nitrogens is 1. The van der Waals surface area contributed by atoms with Crippen LogP contribution in [-0.2, 0) is 4.74 Å². The molecule has 3 aromatic rings. The summed E-state index contributed by atoms with van der Waals surface area (Å²) in [6.07, 6.45) is 0. The van der Waals surface area contributed by atoms with Crippen molar-refractivity contribution in [3.8, 4) is 0 Å². The van der Waals surface area contributed by atoms with Crippen molar-refractivity contribution in [2.45, 2.75) is 6.04 Å². The maximum Gasteiger partial charge on any atom is 0.251 e. The fourth-order valence-electron chi connectivity index (χ4n) is 3.66. The van der Waals surface area contributed by atoms with Crippen LogP contribution in [0.4, 0.5) is 0 Å². The molecule has 0 radical (unpaired) electrons. The average molecular weight is 361 g/mol. The van der Waals surface area contributed by atoms with Gasteiger partial charge >= 0.3 is 0 Å². The Morgan fingerprint density at radius 2 is 1.63 bits per heavy atom. The summed E-state index contributed by atoms with van der Waals surface area (Å²) in [7, 11) is 0. The lowest BCUT2D eigenvalue weighted by Crippen LogP contribution is -3.14. The van der Waals surface area contributed by atoms with E-state index in [2.05, 4.69) is 23.5 Å². The normalized spacial score (nSPS) is 16.1. The Bertz CT molecular complexity index is 904. The van der Waals surface area contributed by atoms with E-state index in [1.54, 1.807) is 0 Å². The lowest BCUT2D eigenvalue weighted by Gasteiger charge is -2.28. The molecule has 1 amide bonds. The maximum absolute atomic E-state index is 13.0. The molecule has 0 unspecified atom stereocenters. The molecule has 1 atom stereocenters. The molecule has 1 aliphatic heterocycles. The molecular weight excluding hydrogens is 336 g/mol. The minimum absolute atomic E-state index is 0.0155. The third-order valence-electron chi connectivity index (χ3n) is 5.21. The average Bonchev–Trinajstić information content (AvgIpc) is 2.74. The fourth-order valence-corrected chi connectivity index (χ4v) is 3.66. The first kappa shape index (κ1) is 17.7. The molecule has 1 saturated heterocycles. The Morgan fingerprint density at radius 3 is 2.41 bits per heavy atom. The Morgan fingerprint density at radius 1 is 0.926 bits per heavy atom. The third-order valence-corrected chi connectivity index (χ3v) is 5.21. The summed E-state index contributed by atoms with van der Waals surface area (Å²) in [5.74, 6) is -0.0257. The zero-order chi connectivity index (χ0) is 18.5. The minimum Gasteiger partial charge on any atom is -0.370 e. The van der Waals surface area contributed by atoms with Crippen LogP contribution in [0.3, 0.4) is 0 Å². The van der Waals surface area contributed by atoms with E-state index in [9.17, 15) is 4.79 Å². The van der Waals surface area contributed by atoms with E-state index in [-0.39, 0.29) is 11.9 Å². The van der Waals surface area contributed by atoms with Crippen molar-refractivity contribution >= 4 is 16.7 Å². The highest BCUT2D eigenvalue weighted by atomic mass is 16.5. The number of rotatable bonds is 5. The Hall–Kier alpha value is -2.69. The minimum atomic E-state index is -0.0257. The molecule has 0 bridgehead atoms. The molecule has 0 aliphatic carbocycles. The molecule has 4 heteroatoms. The first-order valence-corrected chi connectivity index (χ1v) is 9.55. The smallest absolute Gasteiger partial charge is 0.251 e. The van der Waals surface area contributed by atoms with Crippen LogP contribution in [0, 0.1) is 0 Å². The number of fused-ring (bicyclic) bond motifs is 1. The van der Waals surface area contributed by atoms with E-state index in [1.165, 1.54) is 4.90 Å². The van der Waals surface area contributed by atoms with Crippen molar-refractivity contribution in [3.63, 3.8) is 0 Å². The van der Waals surface area contributed by atoms with Crippen LogP contribution < -0.4 is 10.2 Å². The molecular formula is C23H25N2O2+. The van der Waals surface area contributed by atoms with Crippen molar-refractivity contribution in [1.82, 2.24) is 5.32 Å². The Kier molecular flexibility index (Phi) is 5.47. The number of ether oxygens (including phenoxy) is 1. The topological polar surface area (TPSA) is 42.8 Å². The molecule has 1 heterocycles. The van der Waals surface area contributed by atoms with Gasteiger partial charge in [0.1, 0.15) is 25.7 Å². The molecule has 27 heavy (non-hydrogen) atoms. The van der Waals surface area contributed by atoms with Crippen molar-refractivity contribution in [3.05, 3.63) is 83.9 Å². The summed E-state index contributed by atoms with van der Waals surface area (Å²) in [4.78, 5) is 14.4. The van der Waals surface area contributed by atoms with Gasteiger partial charge < -0.3 is 15.0 Å². The number of nitrogens with one attached hydrogen (secondary N) is 2.